The molecule has 3 nitrogen and oxygen atoms in total. The van der Waals surface area contributed by atoms with Crippen LogP contribution in [-0.4, -0.2) is 12.9 Å². The summed E-state index contributed by atoms with van der Waals surface area (Å²) in [5, 5.41) is 8.03. The van der Waals surface area contributed by atoms with Crippen LogP contribution in [0.4, 0.5) is 5.69 Å². The molecule has 0 aliphatic rings. The average Bonchev–Trinajstić information content (AvgIpc) is 2.41. The molecular formula is C16H18ClN3. The predicted molar refractivity (Wildman–Crippen MR) is 85.8 cm³/mol. The van der Waals surface area contributed by atoms with Gasteiger partial charge in [0, 0.05) is 19.2 Å². The van der Waals surface area contributed by atoms with Crippen LogP contribution in [0.15, 0.2) is 42.5 Å². The highest BCUT2D eigenvalue weighted by Gasteiger charge is 2.09. The quantitative estimate of drug-likeness (QED) is 0.667. The fraction of sp³-hybridized carbons (Fsp3) is 0.188. The van der Waals surface area contributed by atoms with Crippen LogP contribution in [0.2, 0.25) is 5.02 Å². The number of rotatable bonds is 4. The minimum atomic E-state index is 0.0278. The molecule has 0 aliphatic heterocycles. The first-order valence-corrected chi connectivity index (χ1v) is 6.76. The van der Waals surface area contributed by atoms with Gasteiger partial charge >= 0.3 is 0 Å². The summed E-state index contributed by atoms with van der Waals surface area (Å²) in [5.41, 5.74) is 9.56. The van der Waals surface area contributed by atoms with Crippen molar-refractivity contribution in [3.8, 4) is 0 Å². The Morgan fingerprint density at radius 1 is 1.25 bits per heavy atom. The van der Waals surface area contributed by atoms with Crippen LogP contribution in [-0.2, 0) is 6.54 Å². The lowest BCUT2D eigenvalue weighted by molar-refractivity contribution is 0.914. The summed E-state index contributed by atoms with van der Waals surface area (Å²) >= 11 is 6.28. The molecule has 0 unspecified atom stereocenters. The van der Waals surface area contributed by atoms with Crippen molar-refractivity contribution in [2.24, 2.45) is 5.73 Å². The Hall–Kier alpha value is -2.00. The molecule has 2 aromatic rings. The molecule has 0 aliphatic carbocycles. The molecule has 0 bridgehead atoms. The Morgan fingerprint density at radius 3 is 2.55 bits per heavy atom. The summed E-state index contributed by atoms with van der Waals surface area (Å²) in [7, 11) is 2.00. The van der Waals surface area contributed by atoms with E-state index in [4.69, 9.17) is 22.7 Å². The number of halogens is 1. The van der Waals surface area contributed by atoms with Crippen molar-refractivity contribution in [1.29, 1.82) is 5.41 Å². The van der Waals surface area contributed by atoms with Crippen LogP contribution in [0.5, 0.6) is 0 Å². The number of anilines is 1. The van der Waals surface area contributed by atoms with E-state index in [0.717, 1.165) is 12.2 Å². The number of nitrogens with two attached hydrogens (primary N) is 1. The van der Waals surface area contributed by atoms with Crippen LogP contribution in [0, 0.1) is 12.3 Å². The molecule has 0 saturated carbocycles. The Morgan fingerprint density at radius 2 is 1.95 bits per heavy atom. The zero-order valence-corrected chi connectivity index (χ0v) is 12.4. The van der Waals surface area contributed by atoms with E-state index >= 15 is 0 Å². The van der Waals surface area contributed by atoms with E-state index in [1.54, 1.807) is 6.07 Å². The van der Waals surface area contributed by atoms with Crippen LogP contribution >= 0.6 is 11.6 Å². The van der Waals surface area contributed by atoms with Gasteiger partial charge in [-0.15, -0.1) is 0 Å². The summed E-state index contributed by atoms with van der Waals surface area (Å²) in [4.78, 5) is 2.09. The first-order valence-electron chi connectivity index (χ1n) is 6.38. The monoisotopic (exact) mass is 287 g/mol. The first-order chi connectivity index (χ1) is 9.49. The number of hydrogen-bond donors (Lipinski definition) is 2. The topological polar surface area (TPSA) is 53.1 Å². The summed E-state index contributed by atoms with van der Waals surface area (Å²) in [6.07, 6.45) is 0. The van der Waals surface area contributed by atoms with Crippen molar-refractivity contribution in [2.45, 2.75) is 13.5 Å². The highest BCUT2D eigenvalue weighted by molar-refractivity contribution is 6.33. The summed E-state index contributed by atoms with van der Waals surface area (Å²) < 4.78 is 0. The predicted octanol–water partition coefficient (Wildman–Crippen LogP) is 3.57. The van der Waals surface area contributed by atoms with Crippen molar-refractivity contribution >= 4 is 23.1 Å². The van der Waals surface area contributed by atoms with Crippen molar-refractivity contribution in [2.75, 3.05) is 11.9 Å². The van der Waals surface area contributed by atoms with Crippen LogP contribution < -0.4 is 10.6 Å². The third-order valence-electron chi connectivity index (χ3n) is 3.34. The highest BCUT2D eigenvalue weighted by Crippen LogP contribution is 2.27. The molecular weight excluding hydrogens is 270 g/mol. The molecule has 0 heterocycles. The molecule has 0 atom stereocenters. The Kier molecular flexibility index (Phi) is 4.30. The van der Waals surface area contributed by atoms with Gasteiger partial charge in [0.05, 0.1) is 10.7 Å². The molecule has 0 aromatic heterocycles. The van der Waals surface area contributed by atoms with Crippen molar-refractivity contribution in [1.82, 2.24) is 0 Å². The molecule has 20 heavy (non-hydrogen) atoms. The lowest BCUT2D eigenvalue weighted by Gasteiger charge is -2.22. The largest absolute Gasteiger partial charge is 0.384 e. The van der Waals surface area contributed by atoms with Gasteiger partial charge in [-0.1, -0.05) is 35.9 Å². The molecule has 2 aromatic carbocycles. The number of nitrogen functional groups attached to an aromatic ring is 1. The molecule has 0 amide bonds. The second kappa shape index (κ2) is 5.97. The van der Waals surface area contributed by atoms with Crippen molar-refractivity contribution < 1.29 is 0 Å². The van der Waals surface area contributed by atoms with Gasteiger partial charge in [-0.05, 0) is 36.2 Å². The SMILES string of the molecule is Cc1ccccc1CN(C)c1ccc(C(=N)N)cc1Cl. The fourth-order valence-corrected chi connectivity index (χ4v) is 2.44. The Bertz CT molecular complexity index is 637. The number of amidine groups is 1. The van der Waals surface area contributed by atoms with Crippen LogP contribution in [0.1, 0.15) is 16.7 Å². The van der Waals surface area contributed by atoms with Gasteiger partial charge in [-0.3, -0.25) is 5.41 Å². The van der Waals surface area contributed by atoms with Crippen molar-refractivity contribution in [3.63, 3.8) is 0 Å². The molecule has 4 heteroatoms. The zero-order chi connectivity index (χ0) is 14.7. The molecule has 0 saturated heterocycles. The zero-order valence-electron chi connectivity index (χ0n) is 11.7. The first kappa shape index (κ1) is 14.4. The molecule has 104 valence electrons. The van der Waals surface area contributed by atoms with E-state index in [-0.39, 0.29) is 5.84 Å². The maximum atomic E-state index is 7.42. The second-order valence-corrected chi connectivity index (χ2v) is 5.27. The van der Waals surface area contributed by atoms with E-state index < -0.39 is 0 Å². The van der Waals surface area contributed by atoms with E-state index in [1.165, 1.54) is 11.1 Å². The summed E-state index contributed by atoms with van der Waals surface area (Å²) in [6.45, 7) is 2.88. The Labute approximate surface area is 124 Å². The van der Waals surface area contributed by atoms with Gasteiger partial charge in [0.1, 0.15) is 5.84 Å². The number of benzene rings is 2. The van der Waals surface area contributed by atoms with Gasteiger partial charge in [-0.2, -0.15) is 0 Å². The van der Waals surface area contributed by atoms with E-state index in [1.807, 2.05) is 31.3 Å². The van der Waals surface area contributed by atoms with Crippen LogP contribution in [0.3, 0.4) is 0 Å². The molecule has 3 N–H and O–H groups in total. The fourth-order valence-electron chi connectivity index (χ4n) is 2.11. The lowest BCUT2D eigenvalue weighted by Crippen LogP contribution is -2.18. The maximum Gasteiger partial charge on any atom is 0.122 e. The maximum absolute atomic E-state index is 7.42. The minimum absolute atomic E-state index is 0.0278. The van der Waals surface area contributed by atoms with Crippen LogP contribution in [0.25, 0.3) is 0 Å². The third-order valence-corrected chi connectivity index (χ3v) is 3.64. The number of hydrogen-bond acceptors (Lipinski definition) is 2. The van der Waals surface area contributed by atoms with E-state index in [9.17, 15) is 0 Å². The molecule has 2 rings (SSSR count). The standard InChI is InChI=1S/C16H18ClN3/c1-11-5-3-4-6-13(11)10-20(2)15-8-7-12(16(18)19)9-14(15)17/h3-9H,10H2,1-2H3,(H3,18,19). The Balaban J connectivity index is 2.23. The highest BCUT2D eigenvalue weighted by atomic mass is 35.5. The summed E-state index contributed by atoms with van der Waals surface area (Å²) in [5.74, 6) is 0.0278. The van der Waals surface area contributed by atoms with Gasteiger partial charge in [0.25, 0.3) is 0 Å². The van der Waals surface area contributed by atoms with Gasteiger partial charge in [0.2, 0.25) is 0 Å². The average molecular weight is 288 g/mol. The molecule has 0 fully saturated rings. The molecule has 0 spiro atoms. The van der Waals surface area contributed by atoms with Crippen molar-refractivity contribution in [3.05, 3.63) is 64.2 Å². The molecule has 0 radical (unpaired) electrons. The number of aryl methyl sites for hydroxylation is 1. The third kappa shape index (κ3) is 3.11. The van der Waals surface area contributed by atoms with Gasteiger partial charge in [-0.25, -0.2) is 0 Å². The second-order valence-electron chi connectivity index (χ2n) is 4.86. The smallest absolute Gasteiger partial charge is 0.122 e. The minimum Gasteiger partial charge on any atom is -0.384 e. The number of nitrogens with one attached hydrogen (secondary N) is 1. The normalized spacial score (nSPS) is 10.3. The lowest BCUT2D eigenvalue weighted by atomic mass is 10.1. The number of nitrogens with zero attached hydrogens (tertiary/aromatic N) is 1. The van der Waals surface area contributed by atoms with E-state index in [2.05, 4.69) is 24.0 Å². The van der Waals surface area contributed by atoms with Gasteiger partial charge in [0.15, 0.2) is 0 Å². The van der Waals surface area contributed by atoms with E-state index in [0.29, 0.717) is 10.6 Å². The van der Waals surface area contributed by atoms with Gasteiger partial charge < -0.3 is 10.6 Å². The summed E-state index contributed by atoms with van der Waals surface area (Å²) in [6, 6.07) is 13.7.